The van der Waals surface area contributed by atoms with Crippen LogP contribution in [0.15, 0.2) is 48.5 Å². The van der Waals surface area contributed by atoms with Gasteiger partial charge in [0.2, 0.25) is 5.91 Å². The van der Waals surface area contributed by atoms with Crippen LogP contribution >= 0.6 is 0 Å². The summed E-state index contributed by atoms with van der Waals surface area (Å²) in [7, 11) is 0. The summed E-state index contributed by atoms with van der Waals surface area (Å²) in [6, 6.07) is 9.74. The number of hydrogen-bond donors (Lipinski definition) is 1. The average Bonchev–Trinajstić information content (AvgIpc) is 3.35. The van der Waals surface area contributed by atoms with Crippen molar-refractivity contribution >= 4 is 17.5 Å². The predicted molar refractivity (Wildman–Crippen MR) is 123 cm³/mol. The van der Waals surface area contributed by atoms with E-state index < -0.39 is 35.0 Å². The number of rotatable bonds is 9. The standard InChI is InChI=1S/C26H28F6N2O2/c27-25(28,29)20-15-19(16-21(17-20)26(30,31)32)24(36)33-13-6-14-34(22-9-2-1-3-10-22)23(35)12-11-18-7-4-5-8-18/h1-3,9-10,15-18H,4-8,11-14H2,(H,33,36). The Balaban J connectivity index is 1.62. The Morgan fingerprint density at radius 1 is 0.889 bits per heavy atom. The summed E-state index contributed by atoms with van der Waals surface area (Å²) in [5.41, 5.74) is -3.14. The summed E-state index contributed by atoms with van der Waals surface area (Å²) >= 11 is 0. The molecule has 4 nitrogen and oxygen atoms in total. The number of halogens is 6. The Kier molecular flexibility index (Phi) is 9.03. The van der Waals surface area contributed by atoms with Crippen molar-refractivity contribution in [2.24, 2.45) is 5.92 Å². The molecule has 10 heteroatoms. The van der Waals surface area contributed by atoms with Crippen LogP contribution in [-0.2, 0) is 17.1 Å². The first-order valence-corrected chi connectivity index (χ1v) is 11.9. The molecule has 2 aromatic rings. The Morgan fingerprint density at radius 3 is 2.03 bits per heavy atom. The van der Waals surface area contributed by atoms with Crippen molar-refractivity contribution in [3.63, 3.8) is 0 Å². The highest BCUT2D eigenvalue weighted by atomic mass is 19.4. The predicted octanol–water partition coefficient (Wildman–Crippen LogP) is 6.85. The summed E-state index contributed by atoms with van der Waals surface area (Å²) in [6.07, 6.45) is -4.02. The summed E-state index contributed by atoms with van der Waals surface area (Å²) in [5, 5.41) is 2.37. The number of para-hydroxylation sites is 1. The zero-order valence-electron chi connectivity index (χ0n) is 19.6. The molecule has 0 radical (unpaired) electrons. The fourth-order valence-electron chi connectivity index (χ4n) is 4.39. The molecular weight excluding hydrogens is 486 g/mol. The van der Waals surface area contributed by atoms with Crippen LogP contribution < -0.4 is 10.2 Å². The lowest BCUT2D eigenvalue weighted by Crippen LogP contribution is -2.34. The van der Waals surface area contributed by atoms with Gasteiger partial charge >= 0.3 is 12.4 Å². The highest BCUT2D eigenvalue weighted by Crippen LogP contribution is 2.36. The smallest absolute Gasteiger partial charge is 0.352 e. The summed E-state index contributed by atoms with van der Waals surface area (Å²) in [6.45, 7) is 0.208. The molecule has 1 aliphatic rings. The van der Waals surface area contributed by atoms with Gasteiger partial charge in [-0.05, 0) is 49.1 Å². The third-order valence-corrected chi connectivity index (χ3v) is 6.30. The van der Waals surface area contributed by atoms with Crippen LogP contribution in [0.2, 0.25) is 0 Å². The number of amides is 2. The van der Waals surface area contributed by atoms with E-state index >= 15 is 0 Å². The molecule has 1 N–H and O–H groups in total. The van der Waals surface area contributed by atoms with Crippen LogP contribution in [-0.4, -0.2) is 24.9 Å². The van der Waals surface area contributed by atoms with E-state index in [1.54, 1.807) is 29.2 Å². The number of benzene rings is 2. The highest BCUT2D eigenvalue weighted by molar-refractivity contribution is 5.95. The second-order valence-electron chi connectivity index (χ2n) is 8.97. The maximum atomic E-state index is 13.1. The van der Waals surface area contributed by atoms with Crippen molar-refractivity contribution in [2.45, 2.75) is 57.3 Å². The number of anilines is 1. The SMILES string of the molecule is O=C(NCCCN(C(=O)CCC1CCCC1)c1ccccc1)c1cc(C(F)(F)F)cc(C(F)(F)F)c1. The van der Waals surface area contributed by atoms with Crippen LogP contribution in [0.4, 0.5) is 32.0 Å². The molecule has 0 heterocycles. The summed E-state index contributed by atoms with van der Waals surface area (Å²) < 4.78 is 78.3. The van der Waals surface area contributed by atoms with E-state index in [4.69, 9.17) is 0 Å². The molecule has 0 aromatic heterocycles. The maximum absolute atomic E-state index is 13.1. The molecule has 2 amide bonds. The molecule has 3 rings (SSSR count). The number of carbonyl (C=O) groups is 2. The normalized spacial score (nSPS) is 14.6. The molecule has 0 aliphatic heterocycles. The molecule has 0 bridgehead atoms. The Bertz CT molecular complexity index is 999. The van der Waals surface area contributed by atoms with Gasteiger partial charge in [-0.25, -0.2) is 0 Å². The van der Waals surface area contributed by atoms with Crippen LogP contribution in [0.3, 0.4) is 0 Å². The van der Waals surface area contributed by atoms with E-state index in [0.717, 1.165) is 19.3 Å². The van der Waals surface area contributed by atoms with E-state index in [2.05, 4.69) is 5.32 Å². The molecule has 1 saturated carbocycles. The van der Waals surface area contributed by atoms with Crippen LogP contribution in [0.1, 0.15) is 66.4 Å². The fourth-order valence-corrected chi connectivity index (χ4v) is 4.39. The molecule has 0 unspecified atom stereocenters. The lowest BCUT2D eigenvalue weighted by atomic mass is 10.0. The average molecular weight is 515 g/mol. The fraction of sp³-hybridized carbons (Fsp3) is 0.462. The first kappa shape index (κ1) is 27.5. The number of nitrogens with zero attached hydrogens (tertiary/aromatic N) is 1. The Morgan fingerprint density at radius 2 is 1.47 bits per heavy atom. The van der Waals surface area contributed by atoms with Gasteiger partial charge in [0.25, 0.3) is 5.91 Å². The van der Waals surface area contributed by atoms with Gasteiger partial charge in [-0.2, -0.15) is 26.3 Å². The second kappa shape index (κ2) is 11.8. The Hall–Kier alpha value is -3.04. The van der Waals surface area contributed by atoms with Gasteiger partial charge in [-0.15, -0.1) is 0 Å². The number of hydrogen-bond acceptors (Lipinski definition) is 2. The summed E-state index contributed by atoms with van der Waals surface area (Å²) in [5.74, 6) is -0.572. The third-order valence-electron chi connectivity index (χ3n) is 6.30. The molecule has 0 atom stereocenters. The van der Waals surface area contributed by atoms with Gasteiger partial charge in [0.15, 0.2) is 0 Å². The minimum absolute atomic E-state index is 0.0221. The van der Waals surface area contributed by atoms with Crippen molar-refractivity contribution in [2.75, 3.05) is 18.0 Å². The van der Waals surface area contributed by atoms with E-state index in [9.17, 15) is 35.9 Å². The summed E-state index contributed by atoms with van der Waals surface area (Å²) in [4.78, 5) is 26.9. The lowest BCUT2D eigenvalue weighted by Gasteiger charge is -2.24. The molecule has 1 aliphatic carbocycles. The number of carbonyl (C=O) groups excluding carboxylic acids is 2. The molecule has 196 valence electrons. The van der Waals surface area contributed by atoms with E-state index in [1.165, 1.54) is 12.8 Å². The minimum atomic E-state index is -5.04. The molecule has 0 saturated heterocycles. The first-order chi connectivity index (χ1) is 16.9. The zero-order valence-corrected chi connectivity index (χ0v) is 19.6. The van der Waals surface area contributed by atoms with Crippen molar-refractivity contribution in [1.82, 2.24) is 5.32 Å². The van der Waals surface area contributed by atoms with Crippen molar-refractivity contribution in [3.8, 4) is 0 Å². The molecule has 1 fully saturated rings. The van der Waals surface area contributed by atoms with Crippen LogP contribution in [0, 0.1) is 5.92 Å². The minimum Gasteiger partial charge on any atom is -0.352 e. The van der Waals surface area contributed by atoms with E-state index in [-0.39, 0.29) is 31.5 Å². The first-order valence-electron chi connectivity index (χ1n) is 11.9. The topological polar surface area (TPSA) is 49.4 Å². The maximum Gasteiger partial charge on any atom is 0.416 e. The quantitative estimate of drug-likeness (QED) is 0.294. The van der Waals surface area contributed by atoms with Gasteiger partial charge in [-0.3, -0.25) is 9.59 Å². The van der Waals surface area contributed by atoms with Gasteiger partial charge < -0.3 is 10.2 Å². The van der Waals surface area contributed by atoms with Gasteiger partial charge in [0, 0.05) is 30.8 Å². The van der Waals surface area contributed by atoms with Crippen molar-refractivity contribution < 1.29 is 35.9 Å². The highest BCUT2D eigenvalue weighted by Gasteiger charge is 2.37. The number of nitrogens with one attached hydrogen (secondary N) is 1. The molecule has 0 spiro atoms. The lowest BCUT2D eigenvalue weighted by molar-refractivity contribution is -0.143. The zero-order chi connectivity index (χ0) is 26.3. The van der Waals surface area contributed by atoms with Crippen molar-refractivity contribution in [1.29, 1.82) is 0 Å². The Labute approximate surface area is 205 Å². The van der Waals surface area contributed by atoms with Crippen LogP contribution in [0.25, 0.3) is 0 Å². The van der Waals surface area contributed by atoms with Crippen molar-refractivity contribution in [3.05, 3.63) is 65.2 Å². The van der Waals surface area contributed by atoms with Crippen LogP contribution in [0.5, 0.6) is 0 Å². The van der Waals surface area contributed by atoms with E-state index in [0.29, 0.717) is 30.2 Å². The van der Waals surface area contributed by atoms with E-state index in [1.807, 2.05) is 6.07 Å². The monoisotopic (exact) mass is 514 g/mol. The third kappa shape index (κ3) is 7.73. The molecule has 2 aromatic carbocycles. The largest absolute Gasteiger partial charge is 0.416 e. The number of alkyl halides is 6. The molecular formula is C26H28F6N2O2. The second-order valence-corrected chi connectivity index (χ2v) is 8.97. The van der Waals surface area contributed by atoms with Gasteiger partial charge in [0.1, 0.15) is 0 Å². The van der Waals surface area contributed by atoms with Gasteiger partial charge in [0.05, 0.1) is 11.1 Å². The molecule has 36 heavy (non-hydrogen) atoms. The van der Waals surface area contributed by atoms with Gasteiger partial charge in [-0.1, -0.05) is 43.9 Å².